The molecule has 1 aliphatic rings. The maximum absolute atomic E-state index is 10.9. The van der Waals surface area contributed by atoms with E-state index < -0.39 is 5.97 Å². The first-order chi connectivity index (χ1) is 8.66. The average Bonchev–Trinajstić information content (AvgIpc) is 2.81. The van der Waals surface area contributed by atoms with Gasteiger partial charge in [0.2, 0.25) is 0 Å². The minimum absolute atomic E-state index is 0.361. The van der Waals surface area contributed by atoms with Crippen LogP contribution in [-0.2, 0) is 4.74 Å². The predicted molar refractivity (Wildman–Crippen MR) is 70.2 cm³/mol. The second-order valence-corrected chi connectivity index (χ2v) is 4.69. The van der Waals surface area contributed by atoms with Gasteiger partial charge < -0.3 is 15.2 Å². The van der Waals surface area contributed by atoms with Gasteiger partial charge in [0.1, 0.15) is 0 Å². The molecule has 1 aliphatic heterocycles. The highest BCUT2D eigenvalue weighted by Crippen LogP contribution is 2.17. The third-order valence-corrected chi connectivity index (χ3v) is 3.28. The predicted octanol–water partition coefficient (Wildman–Crippen LogP) is 2.67. The summed E-state index contributed by atoms with van der Waals surface area (Å²) in [5, 5.41) is 12.2. The van der Waals surface area contributed by atoms with E-state index in [0.29, 0.717) is 11.7 Å². The summed E-state index contributed by atoms with van der Waals surface area (Å²) in [6.45, 7) is 3.56. The number of aromatic carboxylic acids is 1. The normalized spacial score (nSPS) is 18.8. The van der Waals surface area contributed by atoms with Gasteiger partial charge in [0.05, 0.1) is 11.7 Å². The number of aryl methyl sites for hydroxylation is 1. The minimum Gasteiger partial charge on any atom is -0.478 e. The molecule has 18 heavy (non-hydrogen) atoms. The third kappa shape index (κ3) is 3.23. The maximum atomic E-state index is 10.9. The van der Waals surface area contributed by atoms with Gasteiger partial charge >= 0.3 is 5.97 Å². The summed E-state index contributed by atoms with van der Waals surface area (Å²) in [6, 6.07) is 5.33. The zero-order valence-corrected chi connectivity index (χ0v) is 10.6. The van der Waals surface area contributed by atoms with E-state index in [9.17, 15) is 4.79 Å². The van der Waals surface area contributed by atoms with E-state index in [2.05, 4.69) is 5.32 Å². The van der Waals surface area contributed by atoms with Gasteiger partial charge in [-0.2, -0.15) is 0 Å². The molecule has 1 fully saturated rings. The van der Waals surface area contributed by atoms with E-state index in [1.54, 1.807) is 6.07 Å². The molecule has 1 aromatic rings. The summed E-state index contributed by atoms with van der Waals surface area (Å²) in [5.74, 6) is -0.876. The van der Waals surface area contributed by atoms with Crippen LogP contribution >= 0.6 is 0 Å². The molecular formula is C14H19NO3. The van der Waals surface area contributed by atoms with Crippen LogP contribution in [0.3, 0.4) is 0 Å². The molecule has 4 nitrogen and oxygen atoms in total. The number of carbonyl (C=O) groups is 1. The number of carboxylic acids is 1. The summed E-state index contributed by atoms with van der Waals surface area (Å²) in [7, 11) is 0. The summed E-state index contributed by atoms with van der Waals surface area (Å²) < 4.78 is 5.55. The molecule has 98 valence electrons. The number of rotatable bonds is 5. The number of hydrogen-bond donors (Lipinski definition) is 2. The Bertz CT molecular complexity index is 425. The standard InChI is InChI=1S/C14H19NO3/c1-10-9-11(4-5-13(10)14(16)17)15-7-6-12-3-2-8-18-12/h4-5,9,12,15H,2-3,6-8H2,1H3,(H,16,17). The molecule has 1 atom stereocenters. The first kappa shape index (κ1) is 12.9. The van der Waals surface area contributed by atoms with Gasteiger partial charge in [0, 0.05) is 18.8 Å². The van der Waals surface area contributed by atoms with Gasteiger partial charge in [-0.05, 0) is 49.9 Å². The van der Waals surface area contributed by atoms with Crippen LogP contribution in [0.15, 0.2) is 18.2 Å². The fraction of sp³-hybridized carbons (Fsp3) is 0.500. The van der Waals surface area contributed by atoms with E-state index in [4.69, 9.17) is 9.84 Å². The SMILES string of the molecule is Cc1cc(NCCC2CCCO2)ccc1C(=O)O. The minimum atomic E-state index is -0.876. The van der Waals surface area contributed by atoms with Crippen LogP contribution in [0.1, 0.15) is 35.2 Å². The fourth-order valence-corrected chi connectivity index (χ4v) is 2.26. The lowest BCUT2D eigenvalue weighted by atomic mass is 10.1. The van der Waals surface area contributed by atoms with E-state index in [1.165, 1.54) is 0 Å². The van der Waals surface area contributed by atoms with E-state index in [-0.39, 0.29) is 0 Å². The largest absolute Gasteiger partial charge is 0.478 e. The second kappa shape index (κ2) is 5.87. The molecule has 0 aromatic heterocycles. The van der Waals surface area contributed by atoms with Crippen LogP contribution in [0.2, 0.25) is 0 Å². The van der Waals surface area contributed by atoms with Crippen molar-refractivity contribution in [1.82, 2.24) is 0 Å². The van der Waals surface area contributed by atoms with Crippen LogP contribution in [-0.4, -0.2) is 30.3 Å². The number of anilines is 1. The number of hydrogen-bond acceptors (Lipinski definition) is 3. The van der Waals surface area contributed by atoms with Gasteiger partial charge in [-0.15, -0.1) is 0 Å². The van der Waals surface area contributed by atoms with Crippen molar-refractivity contribution in [1.29, 1.82) is 0 Å². The Morgan fingerprint density at radius 1 is 1.56 bits per heavy atom. The van der Waals surface area contributed by atoms with Crippen LogP contribution in [0, 0.1) is 6.92 Å². The van der Waals surface area contributed by atoms with Crippen molar-refractivity contribution in [2.24, 2.45) is 0 Å². The van der Waals surface area contributed by atoms with Crippen molar-refractivity contribution in [3.8, 4) is 0 Å². The molecule has 0 amide bonds. The zero-order chi connectivity index (χ0) is 13.0. The third-order valence-electron chi connectivity index (χ3n) is 3.28. The molecule has 0 radical (unpaired) electrons. The first-order valence-corrected chi connectivity index (χ1v) is 6.36. The van der Waals surface area contributed by atoms with Gasteiger partial charge in [-0.1, -0.05) is 0 Å². The Hall–Kier alpha value is -1.55. The lowest BCUT2D eigenvalue weighted by Gasteiger charge is -2.12. The van der Waals surface area contributed by atoms with Gasteiger partial charge in [-0.25, -0.2) is 4.79 Å². The second-order valence-electron chi connectivity index (χ2n) is 4.69. The number of carboxylic acid groups (broad SMARTS) is 1. The molecular weight excluding hydrogens is 230 g/mol. The quantitative estimate of drug-likeness (QED) is 0.842. The Balaban J connectivity index is 1.85. The molecule has 1 heterocycles. The van der Waals surface area contributed by atoms with Crippen LogP contribution in [0.25, 0.3) is 0 Å². The van der Waals surface area contributed by atoms with Crippen molar-refractivity contribution in [3.05, 3.63) is 29.3 Å². The van der Waals surface area contributed by atoms with E-state index in [0.717, 1.165) is 43.7 Å². The lowest BCUT2D eigenvalue weighted by Crippen LogP contribution is -2.12. The molecule has 0 saturated carbocycles. The average molecular weight is 249 g/mol. The van der Waals surface area contributed by atoms with Crippen LogP contribution in [0.4, 0.5) is 5.69 Å². The van der Waals surface area contributed by atoms with Crippen molar-refractivity contribution in [3.63, 3.8) is 0 Å². The Morgan fingerprint density at radius 2 is 2.39 bits per heavy atom. The highest BCUT2D eigenvalue weighted by atomic mass is 16.5. The topological polar surface area (TPSA) is 58.6 Å². The van der Waals surface area contributed by atoms with Gasteiger partial charge in [0.25, 0.3) is 0 Å². The molecule has 2 N–H and O–H groups in total. The van der Waals surface area contributed by atoms with Crippen molar-refractivity contribution in [2.45, 2.75) is 32.3 Å². The summed E-state index contributed by atoms with van der Waals surface area (Å²) in [4.78, 5) is 10.9. The van der Waals surface area contributed by atoms with Crippen molar-refractivity contribution >= 4 is 11.7 Å². The Labute approximate surface area is 107 Å². The summed E-state index contributed by atoms with van der Waals surface area (Å²) in [5.41, 5.74) is 2.11. The zero-order valence-electron chi connectivity index (χ0n) is 10.6. The molecule has 4 heteroatoms. The van der Waals surface area contributed by atoms with Crippen molar-refractivity contribution < 1.29 is 14.6 Å². The highest BCUT2D eigenvalue weighted by molar-refractivity contribution is 5.89. The van der Waals surface area contributed by atoms with Crippen LogP contribution < -0.4 is 5.32 Å². The number of benzene rings is 1. The van der Waals surface area contributed by atoms with E-state index in [1.807, 2.05) is 19.1 Å². The lowest BCUT2D eigenvalue weighted by molar-refractivity contribution is 0.0696. The van der Waals surface area contributed by atoms with Gasteiger partial charge in [-0.3, -0.25) is 0 Å². The summed E-state index contributed by atoms with van der Waals surface area (Å²) >= 11 is 0. The van der Waals surface area contributed by atoms with Crippen molar-refractivity contribution in [2.75, 3.05) is 18.5 Å². The summed E-state index contributed by atoms with van der Waals surface area (Å²) in [6.07, 6.45) is 3.70. The number of ether oxygens (including phenoxy) is 1. The maximum Gasteiger partial charge on any atom is 0.335 e. The molecule has 1 unspecified atom stereocenters. The molecule has 0 spiro atoms. The molecule has 2 rings (SSSR count). The fourth-order valence-electron chi connectivity index (χ4n) is 2.26. The molecule has 1 aromatic carbocycles. The van der Waals surface area contributed by atoms with Crippen LogP contribution in [0.5, 0.6) is 0 Å². The van der Waals surface area contributed by atoms with E-state index >= 15 is 0 Å². The van der Waals surface area contributed by atoms with Gasteiger partial charge in [0.15, 0.2) is 0 Å². The first-order valence-electron chi connectivity index (χ1n) is 6.36. The Kier molecular flexibility index (Phi) is 4.20. The smallest absolute Gasteiger partial charge is 0.335 e. The highest BCUT2D eigenvalue weighted by Gasteiger charge is 2.14. The number of nitrogens with one attached hydrogen (secondary N) is 1. The monoisotopic (exact) mass is 249 g/mol. The molecule has 0 aliphatic carbocycles. The Morgan fingerprint density at radius 3 is 3.00 bits per heavy atom. The molecule has 1 saturated heterocycles. The molecule has 0 bridgehead atoms.